The van der Waals surface area contributed by atoms with E-state index in [1.54, 1.807) is 4.90 Å². The lowest BCUT2D eigenvalue weighted by atomic mass is 10.1. The van der Waals surface area contributed by atoms with Crippen molar-refractivity contribution in [2.75, 3.05) is 25.6 Å². The number of carbonyl (C=O) groups is 1. The standard InChI is InChI=1S/C14H18ClNO4/c15-5-8-20-11-3-6-16(7-4-11)14(19)10-1-2-12(17)13(18)9-10/h1-2,9,11,17-18H,3-8H2. The number of rotatable bonds is 4. The van der Waals surface area contributed by atoms with Crippen LogP contribution in [0.15, 0.2) is 18.2 Å². The SMILES string of the molecule is O=C(c1ccc(O)c(O)c1)N1CCC(OCCCl)CC1. The van der Waals surface area contributed by atoms with Crippen molar-refractivity contribution in [2.24, 2.45) is 0 Å². The highest BCUT2D eigenvalue weighted by atomic mass is 35.5. The Hall–Kier alpha value is -1.46. The van der Waals surface area contributed by atoms with Crippen molar-refractivity contribution in [1.82, 2.24) is 4.90 Å². The van der Waals surface area contributed by atoms with Gasteiger partial charge in [0.15, 0.2) is 11.5 Å². The largest absolute Gasteiger partial charge is 0.504 e. The summed E-state index contributed by atoms with van der Waals surface area (Å²) >= 11 is 5.57. The number of piperidine rings is 1. The van der Waals surface area contributed by atoms with E-state index >= 15 is 0 Å². The molecule has 1 fully saturated rings. The molecule has 0 atom stereocenters. The van der Waals surface area contributed by atoms with Crippen LogP contribution in [0.25, 0.3) is 0 Å². The van der Waals surface area contributed by atoms with Crippen LogP contribution in [0.5, 0.6) is 11.5 Å². The van der Waals surface area contributed by atoms with Crippen molar-refractivity contribution in [1.29, 1.82) is 0 Å². The lowest BCUT2D eigenvalue weighted by Crippen LogP contribution is -2.41. The smallest absolute Gasteiger partial charge is 0.253 e. The van der Waals surface area contributed by atoms with Crippen LogP contribution in [0.4, 0.5) is 0 Å². The Bertz CT molecular complexity index is 472. The van der Waals surface area contributed by atoms with Crippen molar-refractivity contribution in [3.63, 3.8) is 0 Å². The molecule has 1 aromatic rings. The molecule has 0 aliphatic carbocycles. The number of alkyl halides is 1. The van der Waals surface area contributed by atoms with Crippen molar-refractivity contribution in [3.8, 4) is 11.5 Å². The summed E-state index contributed by atoms with van der Waals surface area (Å²) in [4.78, 5) is 14.0. The van der Waals surface area contributed by atoms with Gasteiger partial charge in [-0.15, -0.1) is 11.6 Å². The molecule has 1 saturated heterocycles. The Labute approximate surface area is 122 Å². The fourth-order valence-electron chi connectivity index (χ4n) is 2.28. The summed E-state index contributed by atoms with van der Waals surface area (Å²) in [6, 6.07) is 4.11. The van der Waals surface area contributed by atoms with Crippen LogP contribution >= 0.6 is 11.6 Å². The number of halogens is 1. The Morgan fingerprint density at radius 1 is 1.30 bits per heavy atom. The lowest BCUT2D eigenvalue weighted by Gasteiger charge is -2.32. The minimum absolute atomic E-state index is 0.143. The zero-order chi connectivity index (χ0) is 14.5. The number of amides is 1. The monoisotopic (exact) mass is 299 g/mol. The van der Waals surface area contributed by atoms with Crippen LogP contribution in [-0.4, -0.2) is 52.7 Å². The first-order chi connectivity index (χ1) is 9.61. The van der Waals surface area contributed by atoms with Crippen LogP contribution in [0.3, 0.4) is 0 Å². The molecule has 1 aliphatic heterocycles. The van der Waals surface area contributed by atoms with Crippen molar-refractivity contribution in [2.45, 2.75) is 18.9 Å². The summed E-state index contributed by atoms with van der Waals surface area (Å²) in [5.74, 6) is -0.173. The average molecular weight is 300 g/mol. The maximum atomic E-state index is 12.3. The van der Waals surface area contributed by atoms with E-state index in [4.69, 9.17) is 16.3 Å². The summed E-state index contributed by atoms with van der Waals surface area (Å²) in [6.45, 7) is 1.77. The van der Waals surface area contributed by atoms with E-state index in [0.717, 1.165) is 12.8 Å². The second-order valence-electron chi connectivity index (χ2n) is 4.75. The van der Waals surface area contributed by atoms with E-state index in [9.17, 15) is 15.0 Å². The van der Waals surface area contributed by atoms with Gasteiger partial charge in [0.05, 0.1) is 12.7 Å². The molecular weight excluding hydrogens is 282 g/mol. The van der Waals surface area contributed by atoms with Crippen LogP contribution in [0, 0.1) is 0 Å². The number of nitrogens with zero attached hydrogens (tertiary/aromatic N) is 1. The van der Waals surface area contributed by atoms with Gasteiger partial charge >= 0.3 is 0 Å². The summed E-state index contributed by atoms with van der Waals surface area (Å²) < 4.78 is 5.56. The zero-order valence-electron chi connectivity index (χ0n) is 11.1. The fourth-order valence-corrected chi connectivity index (χ4v) is 2.36. The first kappa shape index (κ1) is 14.9. The summed E-state index contributed by atoms with van der Waals surface area (Å²) in [7, 11) is 0. The molecule has 1 aliphatic rings. The van der Waals surface area contributed by atoms with E-state index in [0.29, 0.717) is 31.1 Å². The van der Waals surface area contributed by atoms with Crippen molar-refractivity contribution < 1.29 is 19.7 Å². The first-order valence-electron chi connectivity index (χ1n) is 6.60. The Morgan fingerprint density at radius 3 is 2.60 bits per heavy atom. The Balaban J connectivity index is 1.92. The number of hydrogen-bond acceptors (Lipinski definition) is 4. The van der Waals surface area contributed by atoms with Gasteiger partial charge in [-0.2, -0.15) is 0 Å². The molecule has 1 amide bonds. The number of benzene rings is 1. The number of carbonyl (C=O) groups excluding carboxylic acids is 1. The van der Waals surface area contributed by atoms with E-state index in [2.05, 4.69) is 0 Å². The molecule has 0 bridgehead atoms. The molecule has 0 spiro atoms. The molecule has 1 aromatic carbocycles. The highest BCUT2D eigenvalue weighted by Gasteiger charge is 2.24. The number of phenolic OH excluding ortho intramolecular Hbond substituents is 2. The van der Waals surface area contributed by atoms with Crippen LogP contribution in [0.2, 0.25) is 0 Å². The second kappa shape index (κ2) is 6.81. The van der Waals surface area contributed by atoms with Gasteiger partial charge in [-0.3, -0.25) is 4.79 Å². The fraction of sp³-hybridized carbons (Fsp3) is 0.500. The third-order valence-electron chi connectivity index (χ3n) is 3.38. The molecule has 0 saturated carbocycles. The molecule has 2 rings (SSSR count). The molecule has 6 heteroatoms. The Kier molecular flexibility index (Phi) is 5.09. The highest BCUT2D eigenvalue weighted by molar-refractivity contribution is 6.17. The number of aromatic hydroxyl groups is 2. The van der Waals surface area contributed by atoms with Gasteiger partial charge in [-0.05, 0) is 31.0 Å². The molecule has 2 N–H and O–H groups in total. The average Bonchev–Trinajstić information content (AvgIpc) is 2.48. The van der Waals surface area contributed by atoms with Crippen molar-refractivity contribution in [3.05, 3.63) is 23.8 Å². The quantitative estimate of drug-likeness (QED) is 0.658. The van der Waals surface area contributed by atoms with Crippen molar-refractivity contribution >= 4 is 17.5 Å². The predicted molar refractivity (Wildman–Crippen MR) is 75.4 cm³/mol. The van der Waals surface area contributed by atoms with Gasteiger partial charge in [-0.1, -0.05) is 0 Å². The number of ether oxygens (including phenoxy) is 1. The lowest BCUT2D eigenvalue weighted by molar-refractivity contribution is 0.0154. The van der Waals surface area contributed by atoms with Gasteiger partial charge in [0.1, 0.15) is 0 Å². The molecule has 5 nitrogen and oxygen atoms in total. The first-order valence-corrected chi connectivity index (χ1v) is 7.14. The van der Waals surface area contributed by atoms with Gasteiger partial charge in [0.2, 0.25) is 0 Å². The zero-order valence-corrected chi connectivity index (χ0v) is 11.8. The summed E-state index contributed by atoms with van der Waals surface area (Å²) in [5.41, 5.74) is 0.375. The van der Waals surface area contributed by atoms with Crippen LogP contribution < -0.4 is 0 Å². The maximum Gasteiger partial charge on any atom is 0.253 e. The molecule has 0 radical (unpaired) electrons. The van der Waals surface area contributed by atoms with E-state index in [1.807, 2.05) is 0 Å². The van der Waals surface area contributed by atoms with Gasteiger partial charge in [0, 0.05) is 24.5 Å². The molecule has 1 heterocycles. The number of likely N-dealkylation sites (tertiary alicyclic amines) is 1. The van der Waals surface area contributed by atoms with Gasteiger partial charge < -0.3 is 19.8 Å². The molecule has 20 heavy (non-hydrogen) atoms. The predicted octanol–water partition coefficient (Wildman–Crippen LogP) is 1.96. The van der Waals surface area contributed by atoms with E-state index in [1.165, 1.54) is 18.2 Å². The third-order valence-corrected chi connectivity index (χ3v) is 3.54. The molecule has 0 aromatic heterocycles. The summed E-state index contributed by atoms with van der Waals surface area (Å²) in [5, 5.41) is 18.7. The third kappa shape index (κ3) is 3.55. The minimum Gasteiger partial charge on any atom is -0.504 e. The summed E-state index contributed by atoms with van der Waals surface area (Å²) in [6.07, 6.45) is 1.73. The van der Waals surface area contributed by atoms with E-state index < -0.39 is 0 Å². The molecule has 0 unspecified atom stereocenters. The second-order valence-corrected chi connectivity index (χ2v) is 5.13. The normalized spacial score (nSPS) is 16.4. The molecular formula is C14H18ClNO4. The van der Waals surface area contributed by atoms with Crippen LogP contribution in [0.1, 0.15) is 23.2 Å². The minimum atomic E-state index is -0.281. The van der Waals surface area contributed by atoms with Gasteiger partial charge in [0.25, 0.3) is 5.91 Å². The Morgan fingerprint density at radius 2 is 2.00 bits per heavy atom. The van der Waals surface area contributed by atoms with E-state index in [-0.39, 0.29) is 23.5 Å². The topological polar surface area (TPSA) is 70.0 Å². The van der Waals surface area contributed by atoms with Crippen LogP contribution in [-0.2, 0) is 4.74 Å². The maximum absolute atomic E-state index is 12.3. The number of phenols is 2. The van der Waals surface area contributed by atoms with Gasteiger partial charge in [-0.25, -0.2) is 0 Å². The highest BCUT2D eigenvalue weighted by Crippen LogP contribution is 2.26. The number of hydrogen-bond donors (Lipinski definition) is 2. The molecule has 110 valence electrons.